The van der Waals surface area contributed by atoms with Crippen LogP contribution in [-0.2, 0) is 22.1 Å². The van der Waals surface area contributed by atoms with Crippen LogP contribution in [0.1, 0.15) is 11.1 Å². The summed E-state index contributed by atoms with van der Waals surface area (Å²) in [5.41, 5.74) is 1.61. The molecule has 6 nitrogen and oxygen atoms in total. The molecule has 0 radical (unpaired) electrons. The van der Waals surface area contributed by atoms with Gasteiger partial charge in [-0.1, -0.05) is 36.4 Å². The number of carbonyl (C=O) groups is 1. The van der Waals surface area contributed by atoms with Crippen molar-refractivity contribution in [1.29, 1.82) is 0 Å². The van der Waals surface area contributed by atoms with Crippen molar-refractivity contribution in [3.63, 3.8) is 0 Å². The maximum Gasteiger partial charge on any atom is 0.321 e. The molecule has 0 bridgehead atoms. The quantitative estimate of drug-likeness (QED) is 0.869. The Morgan fingerprint density at radius 2 is 1.67 bits per heavy atom. The van der Waals surface area contributed by atoms with Gasteiger partial charge in [0.15, 0.2) is 9.84 Å². The highest BCUT2D eigenvalue weighted by molar-refractivity contribution is 7.89. The third-order valence-corrected chi connectivity index (χ3v) is 4.26. The summed E-state index contributed by atoms with van der Waals surface area (Å²) in [5.74, 6) is -0.0262. The minimum atomic E-state index is -3.21. The Balaban J connectivity index is 2.11. The highest BCUT2D eigenvalue weighted by atomic mass is 32.2. The number of carbonyl (C=O) groups excluding carboxylic acids is 1. The molecule has 2 rings (SSSR count). The van der Waals surface area contributed by atoms with E-state index in [1.165, 1.54) is 4.90 Å². The first-order valence-electron chi connectivity index (χ1n) is 7.31. The molecule has 0 aromatic heterocycles. The van der Waals surface area contributed by atoms with E-state index in [-0.39, 0.29) is 24.1 Å². The molecule has 0 atom stereocenters. The molecule has 0 unspecified atom stereocenters. The molecule has 0 heterocycles. The van der Waals surface area contributed by atoms with E-state index < -0.39 is 9.84 Å². The van der Waals surface area contributed by atoms with Crippen molar-refractivity contribution in [2.45, 2.75) is 12.3 Å². The van der Waals surface area contributed by atoms with E-state index in [0.29, 0.717) is 16.8 Å². The Kier molecular flexibility index (Phi) is 5.46. The average Bonchev–Trinajstić information content (AvgIpc) is 2.50. The lowest BCUT2D eigenvalue weighted by atomic mass is 10.2. The van der Waals surface area contributed by atoms with E-state index in [9.17, 15) is 18.3 Å². The predicted molar refractivity (Wildman–Crippen MR) is 93.6 cm³/mol. The second-order valence-electron chi connectivity index (χ2n) is 5.64. The smallest absolute Gasteiger partial charge is 0.321 e. The fraction of sp³-hybridized carbons (Fsp3) is 0.235. The van der Waals surface area contributed by atoms with Gasteiger partial charge in [0.2, 0.25) is 0 Å². The van der Waals surface area contributed by atoms with Crippen molar-refractivity contribution in [2.24, 2.45) is 0 Å². The summed E-state index contributed by atoms with van der Waals surface area (Å²) in [7, 11) is -1.61. The van der Waals surface area contributed by atoms with E-state index >= 15 is 0 Å². The summed E-state index contributed by atoms with van der Waals surface area (Å²) in [6.45, 7) is 0.229. The Bertz CT molecular complexity index is 834. The summed E-state index contributed by atoms with van der Waals surface area (Å²) in [4.78, 5) is 13.7. The number of phenolic OH excluding ortho intramolecular Hbond substituents is 1. The maximum absolute atomic E-state index is 12.3. The zero-order chi connectivity index (χ0) is 17.7. The molecule has 0 aliphatic heterocycles. The van der Waals surface area contributed by atoms with Gasteiger partial charge in [-0.25, -0.2) is 13.2 Å². The zero-order valence-electron chi connectivity index (χ0n) is 13.6. The number of phenols is 1. The van der Waals surface area contributed by atoms with E-state index in [1.807, 2.05) is 0 Å². The van der Waals surface area contributed by atoms with Crippen LogP contribution < -0.4 is 5.32 Å². The fourth-order valence-corrected chi connectivity index (χ4v) is 3.05. The Morgan fingerprint density at radius 3 is 2.29 bits per heavy atom. The summed E-state index contributed by atoms with van der Waals surface area (Å²) in [6, 6.07) is 13.2. The number of urea groups is 1. The molecule has 24 heavy (non-hydrogen) atoms. The van der Waals surface area contributed by atoms with Crippen molar-refractivity contribution in [2.75, 3.05) is 18.6 Å². The minimum Gasteiger partial charge on any atom is -0.508 e. The lowest BCUT2D eigenvalue weighted by Crippen LogP contribution is -2.31. The third kappa shape index (κ3) is 4.99. The standard InChI is InChI=1S/C17H20N2O4S/c1-19(11-13-7-4-6-10-16(13)20)17(21)18-15-9-5-3-8-14(15)12-24(2,22)23/h3-10,20H,11-12H2,1-2H3,(H,18,21). The van der Waals surface area contributed by atoms with E-state index in [0.717, 1.165) is 6.26 Å². The van der Waals surface area contributed by atoms with Crippen LogP contribution in [0, 0.1) is 0 Å². The van der Waals surface area contributed by atoms with Gasteiger partial charge in [-0.15, -0.1) is 0 Å². The van der Waals surface area contributed by atoms with Gasteiger partial charge in [0.1, 0.15) is 5.75 Å². The molecule has 128 valence electrons. The van der Waals surface area contributed by atoms with Gasteiger partial charge in [0.05, 0.1) is 12.3 Å². The number of hydrogen-bond donors (Lipinski definition) is 2. The van der Waals surface area contributed by atoms with Crippen molar-refractivity contribution >= 4 is 21.6 Å². The van der Waals surface area contributed by atoms with Crippen LogP contribution in [-0.4, -0.2) is 37.8 Å². The second-order valence-corrected chi connectivity index (χ2v) is 7.78. The molecular weight excluding hydrogens is 328 g/mol. The van der Waals surface area contributed by atoms with Gasteiger partial charge in [0, 0.05) is 24.6 Å². The summed E-state index contributed by atoms with van der Waals surface area (Å²) < 4.78 is 23.0. The number of hydrogen-bond acceptors (Lipinski definition) is 4. The van der Waals surface area contributed by atoms with Crippen LogP contribution in [0.2, 0.25) is 0 Å². The number of nitrogens with one attached hydrogen (secondary N) is 1. The van der Waals surface area contributed by atoms with Crippen molar-refractivity contribution in [3.05, 3.63) is 59.7 Å². The highest BCUT2D eigenvalue weighted by Crippen LogP contribution is 2.20. The minimum absolute atomic E-state index is 0.120. The van der Waals surface area contributed by atoms with Crippen LogP contribution in [0.3, 0.4) is 0 Å². The van der Waals surface area contributed by atoms with Crippen molar-refractivity contribution in [1.82, 2.24) is 4.90 Å². The van der Waals surface area contributed by atoms with Gasteiger partial charge in [0.25, 0.3) is 0 Å². The predicted octanol–water partition coefficient (Wildman–Crippen LogP) is 2.60. The van der Waals surface area contributed by atoms with Gasteiger partial charge < -0.3 is 15.3 Å². The lowest BCUT2D eigenvalue weighted by Gasteiger charge is -2.19. The number of amides is 2. The monoisotopic (exact) mass is 348 g/mol. The third-order valence-electron chi connectivity index (χ3n) is 3.42. The molecule has 0 fully saturated rings. The molecule has 2 aromatic carbocycles. The fourth-order valence-electron chi connectivity index (χ4n) is 2.23. The van der Waals surface area contributed by atoms with Gasteiger partial charge >= 0.3 is 6.03 Å². The topological polar surface area (TPSA) is 86.7 Å². The van der Waals surface area contributed by atoms with Crippen LogP contribution in [0.15, 0.2) is 48.5 Å². The molecule has 0 saturated carbocycles. The lowest BCUT2D eigenvalue weighted by molar-refractivity contribution is 0.220. The first kappa shape index (κ1) is 17.8. The first-order valence-corrected chi connectivity index (χ1v) is 9.37. The summed E-state index contributed by atoms with van der Waals surface area (Å²) in [5, 5.41) is 12.5. The number of para-hydroxylation sites is 2. The van der Waals surface area contributed by atoms with E-state index in [2.05, 4.69) is 5.32 Å². The molecule has 0 aliphatic rings. The van der Waals surface area contributed by atoms with Crippen molar-refractivity contribution in [3.8, 4) is 5.75 Å². The van der Waals surface area contributed by atoms with Gasteiger partial charge in [-0.2, -0.15) is 0 Å². The molecule has 2 N–H and O–H groups in total. The SMILES string of the molecule is CN(Cc1ccccc1O)C(=O)Nc1ccccc1CS(C)(=O)=O. The second kappa shape index (κ2) is 7.35. The summed E-state index contributed by atoms with van der Waals surface area (Å²) >= 11 is 0. The molecule has 2 amide bonds. The van der Waals surface area contributed by atoms with Crippen LogP contribution in [0.5, 0.6) is 5.75 Å². The molecule has 0 spiro atoms. The molecule has 7 heteroatoms. The number of nitrogens with zero attached hydrogens (tertiary/aromatic N) is 1. The Morgan fingerprint density at radius 1 is 1.08 bits per heavy atom. The Hall–Kier alpha value is -2.54. The number of benzene rings is 2. The number of anilines is 1. The molecule has 0 aliphatic carbocycles. The Labute approximate surface area is 141 Å². The van der Waals surface area contributed by atoms with Gasteiger partial charge in [-0.3, -0.25) is 0 Å². The highest BCUT2D eigenvalue weighted by Gasteiger charge is 2.15. The van der Waals surface area contributed by atoms with Gasteiger partial charge in [-0.05, 0) is 17.7 Å². The molecule has 0 saturated heterocycles. The van der Waals surface area contributed by atoms with Crippen LogP contribution >= 0.6 is 0 Å². The van der Waals surface area contributed by atoms with Crippen molar-refractivity contribution < 1.29 is 18.3 Å². The van der Waals surface area contributed by atoms with Crippen LogP contribution in [0.25, 0.3) is 0 Å². The summed E-state index contributed by atoms with van der Waals surface area (Å²) in [6.07, 6.45) is 1.15. The largest absolute Gasteiger partial charge is 0.508 e. The number of aromatic hydroxyl groups is 1. The number of rotatable bonds is 5. The van der Waals surface area contributed by atoms with Crippen LogP contribution in [0.4, 0.5) is 10.5 Å². The molecular formula is C17H20N2O4S. The average molecular weight is 348 g/mol. The maximum atomic E-state index is 12.3. The number of sulfone groups is 1. The first-order chi connectivity index (χ1) is 11.3. The van der Waals surface area contributed by atoms with E-state index in [1.54, 1.807) is 55.6 Å². The van der Waals surface area contributed by atoms with E-state index in [4.69, 9.17) is 0 Å². The zero-order valence-corrected chi connectivity index (χ0v) is 14.4. The normalized spacial score (nSPS) is 11.1. The molecule has 2 aromatic rings.